The number of rotatable bonds is 4. The van der Waals surface area contributed by atoms with Crippen molar-refractivity contribution in [2.24, 2.45) is 0 Å². The van der Waals surface area contributed by atoms with Crippen LogP contribution < -0.4 is 4.90 Å². The Morgan fingerprint density at radius 2 is 1.32 bits per heavy atom. The number of para-hydroxylation sites is 2. The maximum absolute atomic E-state index is 2.54. The number of nitrogens with zero attached hydrogens (tertiary/aromatic N) is 2. The van der Waals surface area contributed by atoms with Gasteiger partial charge in [-0.05, 0) is 36.1 Å². The summed E-state index contributed by atoms with van der Waals surface area (Å²) in [6.45, 7) is 2.28. The lowest BCUT2D eigenvalue weighted by molar-refractivity contribution is -0.870. The molecular formula is C20H27N2+. The van der Waals surface area contributed by atoms with Gasteiger partial charge in [-0.3, -0.25) is 0 Å². The maximum atomic E-state index is 2.54. The molecule has 0 spiro atoms. The largest absolute Gasteiger partial charge is 0.341 e. The van der Waals surface area contributed by atoms with Gasteiger partial charge in [-0.25, -0.2) is 0 Å². The van der Waals surface area contributed by atoms with E-state index >= 15 is 0 Å². The topological polar surface area (TPSA) is 3.24 Å². The Labute approximate surface area is 134 Å². The summed E-state index contributed by atoms with van der Waals surface area (Å²) in [7, 11) is 6.80. The quantitative estimate of drug-likeness (QED) is 0.770. The van der Waals surface area contributed by atoms with Crippen LogP contribution in [0, 0.1) is 0 Å². The minimum Gasteiger partial charge on any atom is -0.341 e. The van der Waals surface area contributed by atoms with Crippen LogP contribution in [-0.2, 0) is 12.8 Å². The molecule has 2 aromatic rings. The zero-order chi connectivity index (χ0) is 15.6. The summed E-state index contributed by atoms with van der Waals surface area (Å²) >= 11 is 0. The standard InChI is InChI=1S/C20H27N2/c1-22(2,3)16-8-15-21-19-11-6-4-9-17(19)13-14-18-10-5-7-12-20(18)21/h4-7,9-12H,8,13-16H2,1-3H3/q+1. The van der Waals surface area contributed by atoms with Crippen LogP contribution in [0.1, 0.15) is 17.5 Å². The second-order valence-corrected chi connectivity index (χ2v) is 7.28. The summed E-state index contributed by atoms with van der Waals surface area (Å²) in [5.41, 5.74) is 5.75. The Bertz CT molecular complexity index is 593. The van der Waals surface area contributed by atoms with Gasteiger partial charge in [0, 0.05) is 24.3 Å². The molecule has 0 saturated carbocycles. The molecule has 0 aromatic heterocycles. The Morgan fingerprint density at radius 1 is 0.818 bits per heavy atom. The van der Waals surface area contributed by atoms with Crippen molar-refractivity contribution in [3.63, 3.8) is 0 Å². The fourth-order valence-corrected chi connectivity index (χ4v) is 3.31. The molecule has 0 N–H and O–H groups in total. The van der Waals surface area contributed by atoms with Crippen molar-refractivity contribution >= 4 is 11.4 Å². The number of hydrogen-bond donors (Lipinski definition) is 0. The summed E-state index contributed by atoms with van der Waals surface area (Å²) < 4.78 is 1.02. The van der Waals surface area contributed by atoms with Gasteiger partial charge in [-0.1, -0.05) is 36.4 Å². The summed E-state index contributed by atoms with van der Waals surface area (Å²) in [5.74, 6) is 0. The van der Waals surface area contributed by atoms with Crippen LogP contribution in [-0.4, -0.2) is 38.7 Å². The van der Waals surface area contributed by atoms with Crippen LogP contribution >= 0.6 is 0 Å². The van der Waals surface area contributed by atoms with Crippen LogP contribution in [0.3, 0.4) is 0 Å². The fourth-order valence-electron chi connectivity index (χ4n) is 3.31. The van der Waals surface area contributed by atoms with Crippen molar-refractivity contribution in [1.82, 2.24) is 0 Å². The van der Waals surface area contributed by atoms with Crippen LogP contribution in [0.2, 0.25) is 0 Å². The van der Waals surface area contributed by atoms with Gasteiger partial charge in [0.1, 0.15) is 0 Å². The van der Waals surface area contributed by atoms with Crippen LogP contribution in [0.4, 0.5) is 11.4 Å². The van der Waals surface area contributed by atoms with E-state index in [-0.39, 0.29) is 0 Å². The van der Waals surface area contributed by atoms with Crippen molar-refractivity contribution in [3.8, 4) is 0 Å². The highest BCUT2D eigenvalue weighted by molar-refractivity contribution is 5.71. The molecule has 1 heterocycles. The molecule has 1 aliphatic rings. The third-order valence-corrected chi connectivity index (χ3v) is 4.44. The van der Waals surface area contributed by atoms with Gasteiger partial charge in [0.05, 0.1) is 27.7 Å². The average Bonchev–Trinajstić information content (AvgIpc) is 2.64. The van der Waals surface area contributed by atoms with Gasteiger partial charge < -0.3 is 9.38 Å². The predicted octanol–water partition coefficient (Wildman–Crippen LogP) is 4.02. The third-order valence-electron chi connectivity index (χ3n) is 4.44. The lowest BCUT2D eigenvalue weighted by Gasteiger charge is -2.29. The van der Waals surface area contributed by atoms with Gasteiger partial charge >= 0.3 is 0 Å². The van der Waals surface area contributed by atoms with Gasteiger partial charge in [0.25, 0.3) is 0 Å². The maximum Gasteiger partial charge on any atom is 0.0797 e. The van der Waals surface area contributed by atoms with Crippen molar-refractivity contribution in [3.05, 3.63) is 59.7 Å². The molecule has 2 aromatic carbocycles. The van der Waals surface area contributed by atoms with Crippen molar-refractivity contribution < 1.29 is 4.48 Å². The zero-order valence-electron chi connectivity index (χ0n) is 14.0. The van der Waals surface area contributed by atoms with E-state index in [4.69, 9.17) is 0 Å². The lowest BCUT2D eigenvalue weighted by Crippen LogP contribution is -2.37. The number of quaternary nitrogens is 1. The molecular weight excluding hydrogens is 268 g/mol. The number of anilines is 2. The van der Waals surface area contributed by atoms with E-state index < -0.39 is 0 Å². The molecule has 2 heteroatoms. The number of fused-ring (bicyclic) bond motifs is 2. The molecule has 3 rings (SSSR count). The lowest BCUT2D eigenvalue weighted by atomic mass is 10.0. The van der Waals surface area contributed by atoms with E-state index in [0.717, 1.165) is 23.9 Å². The van der Waals surface area contributed by atoms with Crippen LogP contribution in [0.5, 0.6) is 0 Å². The average molecular weight is 295 g/mol. The Balaban J connectivity index is 1.92. The van der Waals surface area contributed by atoms with E-state index in [1.807, 2.05) is 0 Å². The first-order valence-electron chi connectivity index (χ1n) is 8.28. The molecule has 0 bridgehead atoms. The number of aryl methyl sites for hydroxylation is 2. The minimum absolute atomic E-state index is 1.02. The zero-order valence-corrected chi connectivity index (χ0v) is 14.0. The molecule has 0 atom stereocenters. The highest BCUT2D eigenvalue weighted by Crippen LogP contribution is 2.35. The van der Waals surface area contributed by atoms with Crippen LogP contribution in [0.15, 0.2) is 48.5 Å². The minimum atomic E-state index is 1.02. The Kier molecular flexibility index (Phi) is 4.21. The van der Waals surface area contributed by atoms with E-state index in [2.05, 4.69) is 74.6 Å². The highest BCUT2D eigenvalue weighted by Gasteiger charge is 2.20. The van der Waals surface area contributed by atoms with Gasteiger partial charge in [0.2, 0.25) is 0 Å². The molecule has 0 amide bonds. The summed E-state index contributed by atoms with van der Waals surface area (Å²) in [4.78, 5) is 2.54. The van der Waals surface area contributed by atoms with E-state index in [1.54, 1.807) is 0 Å². The molecule has 1 aliphatic heterocycles. The molecule has 22 heavy (non-hydrogen) atoms. The predicted molar refractivity (Wildman–Crippen MR) is 94.8 cm³/mol. The van der Waals surface area contributed by atoms with Crippen molar-refractivity contribution in [2.75, 3.05) is 39.1 Å². The third kappa shape index (κ3) is 3.33. The Morgan fingerprint density at radius 3 is 1.82 bits per heavy atom. The van der Waals surface area contributed by atoms with Crippen LogP contribution in [0.25, 0.3) is 0 Å². The van der Waals surface area contributed by atoms with Gasteiger partial charge in [-0.15, -0.1) is 0 Å². The summed E-state index contributed by atoms with van der Waals surface area (Å²) in [6, 6.07) is 17.8. The van der Waals surface area contributed by atoms with E-state index in [9.17, 15) is 0 Å². The van der Waals surface area contributed by atoms with E-state index in [0.29, 0.717) is 0 Å². The second-order valence-electron chi connectivity index (χ2n) is 7.28. The number of benzene rings is 2. The molecule has 0 saturated heterocycles. The molecule has 116 valence electrons. The molecule has 0 unspecified atom stereocenters. The SMILES string of the molecule is C[N+](C)(C)CCCN1c2ccccc2CCc2ccccc21. The normalized spacial score (nSPS) is 14.2. The van der Waals surface area contributed by atoms with Crippen molar-refractivity contribution in [2.45, 2.75) is 19.3 Å². The highest BCUT2D eigenvalue weighted by atomic mass is 15.3. The smallest absolute Gasteiger partial charge is 0.0797 e. The monoisotopic (exact) mass is 295 g/mol. The molecule has 0 radical (unpaired) electrons. The van der Waals surface area contributed by atoms with E-state index in [1.165, 1.54) is 35.5 Å². The molecule has 0 fully saturated rings. The first-order chi connectivity index (χ1) is 10.5. The summed E-state index contributed by atoms with van der Waals surface area (Å²) in [5, 5.41) is 0. The first kappa shape index (κ1) is 15.1. The second kappa shape index (κ2) is 6.13. The van der Waals surface area contributed by atoms with Crippen molar-refractivity contribution in [1.29, 1.82) is 0 Å². The first-order valence-corrected chi connectivity index (χ1v) is 8.28. The molecule has 0 aliphatic carbocycles. The fraction of sp³-hybridized carbons (Fsp3) is 0.400. The summed E-state index contributed by atoms with van der Waals surface area (Å²) in [6.07, 6.45) is 3.48. The molecule has 2 nitrogen and oxygen atoms in total. The number of hydrogen-bond acceptors (Lipinski definition) is 1. The Hall–Kier alpha value is -1.80. The van der Waals surface area contributed by atoms with Gasteiger partial charge in [0.15, 0.2) is 0 Å². The van der Waals surface area contributed by atoms with Gasteiger partial charge in [-0.2, -0.15) is 0 Å².